The SMILES string of the molecule is CC(=O)Nc1ccc(SCC(=O)Nc2ccccc2I)cc1. The van der Waals surface area contributed by atoms with Crippen molar-refractivity contribution in [2.45, 2.75) is 11.8 Å². The van der Waals surface area contributed by atoms with E-state index >= 15 is 0 Å². The second kappa shape index (κ2) is 8.19. The summed E-state index contributed by atoms with van der Waals surface area (Å²) in [5.41, 5.74) is 1.58. The average Bonchev–Trinajstić information content (AvgIpc) is 2.48. The van der Waals surface area contributed by atoms with Gasteiger partial charge in [0.25, 0.3) is 0 Å². The van der Waals surface area contributed by atoms with Crippen LogP contribution in [0.5, 0.6) is 0 Å². The molecule has 0 aromatic heterocycles. The molecule has 0 aliphatic rings. The number of halogens is 1. The van der Waals surface area contributed by atoms with E-state index in [1.54, 1.807) is 0 Å². The van der Waals surface area contributed by atoms with Crippen LogP contribution >= 0.6 is 34.4 Å². The number of benzene rings is 2. The predicted molar refractivity (Wildman–Crippen MR) is 99.3 cm³/mol. The Labute approximate surface area is 147 Å². The van der Waals surface area contributed by atoms with Crippen LogP contribution in [0.25, 0.3) is 0 Å². The molecule has 6 heteroatoms. The maximum atomic E-state index is 12.0. The van der Waals surface area contributed by atoms with Gasteiger partial charge in [0.05, 0.1) is 11.4 Å². The molecule has 0 radical (unpaired) electrons. The molecule has 2 N–H and O–H groups in total. The molecular weight excluding hydrogens is 411 g/mol. The first-order valence-corrected chi connectivity index (χ1v) is 8.66. The van der Waals surface area contributed by atoms with Crippen LogP contribution < -0.4 is 10.6 Å². The number of nitrogens with one attached hydrogen (secondary N) is 2. The second-order valence-electron chi connectivity index (χ2n) is 4.52. The number of para-hydroxylation sites is 1. The van der Waals surface area contributed by atoms with Gasteiger partial charge in [-0.15, -0.1) is 11.8 Å². The molecule has 0 heterocycles. The van der Waals surface area contributed by atoms with E-state index in [4.69, 9.17) is 0 Å². The molecule has 22 heavy (non-hydrogen) atoms. The van der Waals surface area contributed by atoms with Crippen LogP contribution in [0.3, 0.4) is 0 Å². The molecule has 4 nitrogen and oxygen atoms in total. The minimum absolute atomic E-state index is 0.0416. The average molecular weight is 426 g/mol. The van der Waals surface area contributed by atoms with Crippen LogP contribution in [0.1, 0.15) is 6.92 Å². The van der Waals surface area contributed by atoms with Gasteiger partial charge in [-0.2, -0.15) is 0 Å². The summed E-state index contributed by atoms with van der Waals surface area (Å²) in [6.45, 7) is 1.47. The lowest BCUT2D eigenvalue weighted by Crippen LogP contribution is -2.14. The number of hydrogen-bond acceptors (Lipinski definition) is 3. The van der Waals surface area contributed by atoms with Crippen molar-refractivity contribution in [3.63, 3.8) is 0 Å². The number of hydrogen-bond donors (Lipinski definition) is 2. The number of amides is 2. The predicted octanol–water partition coefficient (Wildman–Crippen LogP) is 3.98. The molecule has 0 bridgehead atoms. The van der Waals surface area contributed by atoms with Gasteiger partial charge >= 0.3 is 0 Å². The number of carbonyl (C=O) groups is 2. The molecule has 0 aliphatic carbocycles. The fraction of sp³-hybridized carbons (Fsp3) is 0.125. The molecule has 2 amide bonds. The minimum Gasteiger partial charge on any atom is -0.326 e. The lowest BCUT2D eigenvalue weighted by molar-refractivity contribution is -0.114. The highest BCUT2D eigenvalue weighted by molar-refractivity contribution is 14.1. The van der Waals surface area contributed by atoms with Crippen molar-refractivity contribution < 1.29 is 9.59 Å². The topological polar surface area (TPSA) is 58.2 Å². The normalized spacial score (nSPS) is 10.1. The Morgan fingerprint density at radius 3 is 2.36 bits per heavy atom. The van der Waals surface area contributed by atoms with E-state index in [0.717, 1.165) is 19.8 Å². The zero-order valence-electron chi connectivity index (χ0n) is 11.9. The van der Waals surface area contributed by atoms with Crippen LogP contribution in [-0.4, -0.2) is 17.6 Å². The highest BCUT2D eigenvalue weighted by Crippen LogP contribution is 2.21. The third-order valence-corrected chi connectivity index (χ3v) is 4.65. The van der Waals surface area contributed by atoms with Gasteiger partial charge < -0.3 is 10.6 Å². The van der Waals surface area contributed by atoms with Crippen LogP contribution in [0.4, 0.5) is 11.4 Å². The summed E-state index contributed by atoms with van der Waals surface area (Å²) in [6.07, 6.45) is 0. The van der Waals surface area contributed by atoms with Crippen LogP contribution in [-0.2, 0) is 9.59 Å². The number of anilines is 2. The van der Waals surface area contributed by atoms with Crippen molar-refractivity contribution in [3.05, 3.63) is 52.1 Å². The molecule has 0 saturated carbocycles. The molecule has 0 aliphatic heterocycles. The summed E-state index contributed by atoms with van der Waals surface area (Å²) in [5.74, 6) is 0.196. The fourth-order valence-corrected chi connectivity index (χ4v) is 2.96. The van der Waals surface area contributed by atoms with E-state index in [2.05, 4.69) is 33.2 Å². The molecular formula is C16H15IN2O2S. The largest absolute Gasteiger partial charge is 0.326 e. The maximum Gasteiger partial charge on any atom is 0.234 e. The zero-order chi connectivity index (χ0) is 15.9. The summed E-state index contributed by atoms with van der Waals surface area (Å²) >= 11 is 3.64. The van der Waals surface area contributed by atoms with E-state index in [9.17, 15) is 9.59 Å². The fourth-order valence-electron chi connectivity index (χ4n) is 1.74. The Morgan fingerprint density at radius 1 is 1.05 bits per heavy atom. The van der Waals surface area contributed by atoms with Gasteiger partial charge in [0.2, 0.25) is 11.8 Å². The lowest BCUT2D eigenvalue weighted by Gasteiger charge is -2.07. The Morgan fingerprint density at radius 2 is 1.73 bits per heavy atom. The summed E-state index contributed by atoms with van der Waals surface area (Å²) in [5, 5.41) is 5.60. The third kappa shape index (κ3) is 5.34. The van der Waals surface area contributed by atoms with Gasteiger partial charge in [-0.1, -0.05) is 12.1 Å². The zero-order valence-corrected chi connectivity index (χ0v) is 14.9. The molecule has 0 spiro atoms. The van der Waals surface area contributed by atoms with E-state index in [0.29, 0.717) is 5.75 Å². The van der Waals surface area contributed by atoms with E-state index in [1.165, 1.54) is 18.7 Å². The van der Waals surface area contributed by atoms with Crippen LogP contribution in [0.2, 0.25) is 0 Å². The van der Waals surface area contributed by atoms with E-state index in [1.807, 2.05) is 48.5 Å². The molecule has 0 fully saturated rings. The Bertz CT molecular complexity index is 674. The molecule has 114 valence electrons. The Kier molecular flexibility index (Phi) is 6.26. The Balaban J connectivity index is 1.86. The minimum atomic E-state index is -0.0998. The van der Waals surface area contributed by atoms with E-state index in [-0.39, 0.29) is 11.8 Å². The quantitative estimate of drug-likeness (QED) is 0.562. The van der Waals surface area contributed by atoms with Crippen molar-refractivity contribution in [3.8, 4) is 0 Å². The molecule has 0 saturated heterocycles. The first kappa shape index (κ1) is 16.8. The van der Waals surface area contributed by atoms with Gasteiger partial charge in [-0.25, -0.2) is 0 Å². The Hall–Kier alpha value is -1.54. The maximum absolute atomic E-state index is 12.0. The van der Waals surface area contributed by atoms with Crippen molar-refractivity contribution in [1.82, 2.24) is 0 Å². The first-order chi connectivity index (χ1) is 10.5. The molecule has 2 aromatic rings. The highest BCUT2D eigenvalue weighted by atomic mass is 127. The molecule has 2 aromatic carbocycles. The van der Waals surface area contributed by atoms with Crippen LogP contribution in [0, 0.1) is 3.57 Å². The van der Waals surface area contributed by atoms with Crippen LogP contribution in [0.15, 0.2) is 53.4 Å². The smallest absolute Gasteiger partial charge is 0.234 e. The van der Waals surface area contributed by atoms with Gasteiger partial charge in [-0.3, -0.25) is 9.59 Å². The van der Waals surface area contributed by atoms with Crippen molar-refractivity contribution in [1.29, 1.82) is 0 Å². The van der Waals surface area contributed by atoms with Crippen molar-refractivity contribution >= 4 is 57.5 Å². The first-order valence-electron chi connectivity index (χ1n) is 6.59. The third-order valence-electron chi connectivity index (χ3n) is 2.69. The molecule has 2 rings (SSSR count). The lowest BCUT2D eigenvalue weighted by atomic mass is 10.3. The second-order valence-corrected chi connectivity index (χ2v) is 6.73. The highest BCUT2D eigenvalue weighted by Gasteiger charge is 2.06. The molecule has 0 atom stereocenters. The summed E-state index contributed by atoms with van der Waals surface area (Å²) in [6, 6.07) is 15.1. The summed E-state index contributed by atoms with van der Waals surface area (Å²) in [4.78, 5) is 23.9. The van der Waals surface area contributed by atoms with E-state index < -0.39 is 0 Å². The number of rotatable bonds is 5. The summed E-state index contributed by atoms with van der Waals surface area (Å²) < 4.78 is 1.01. The van der Waals surface area contributed by atoms with Gasteiger partial charge in [0.1, 0.15) is 0 Å². The standard InChI is InChI=1S/C16H15IN2O2S/c1-11(20)18-12-6-8-13(9-7-12)22-10-16(21)19-15-5-3-2-4-14(15)17/h2-9H,10H2,1H3,(H,18,20)(H,19,21). The van der Waals surface area contributed by atoms with Crippen molar-refractivity contribution in [2.24, 2.45) is 0 Å². The molecule has 0 unspecified atom stereocenters. The van der Waals surface area contributed by atoms with Gasteiger partial charge in [0.15, 0.2) is 0 Å². The van der Waals surface area contributed by atoms with Gasteiger partial charge in [-0.05, 0) is 59.0 Å². The van der Waals surface area contributed by atoms with Gasteiger partial charge in [0, 0.05) is 21.1 Å². The number of thioether (sulfide) groups is 1. The van der Waals surface area contributed by atoms with Crippen molar-refractivity contribution in [2.75, 3.05) is 16.4 Å². The summed E-state index contributed by atoms with van der Waals surface area (Å²) in [7, 11) is 0. The monoisotopic (exact) mass is 426 g/mol. The number of carbonyl (C=O) groups excluding carboxylic acids is 2.